The van der Waals surface area contributed by atoms with Gasteiger partial charge in [-0.1, -0.05) is 51.1 Å². The van der Waals surface area contributed by atoms with Crippen molar-refractivity contribution in [3.05, 3.63) is 82.7 Å². The maximum Gasteiger partial charge on any atom is 0.271 e. The van der Waals surface area contributed by atoms with Crippen molar-refractivity contribution < 1.29 is 13.2 Å². The second kappa shape index (κ2) is 8.81. The lowest BCUT2D eigenvalue weighted by Crippen LogP contribution is -2.18. The van der Waals surface area contributed by atoms with E-state index in [0.29, 0.717) is 11.3 Å². The third kappa shape index (κ3) is 5.55. The van der Waals surface area contributed by atoms with Crippen LogP contribution < -0.4 is 10.1 Å². The first-order valence-electron chi connectivity index (χ1n) is 9.25. The van der Waals surface area contributed by atoms with Crippen LogP contribution in [0.5, 0.6) is 0 Å². The molecule has 0 saturated carbocycles. The topological polar surface area (TPSA) is 87.6 Å². The first-order chi connectivity index (χ1) is 14.1. The number of thiophene rings is 1. The Morgan fingerprint density at radius 3 is 2.23 bits per heavy atom. The Hall–Kier alpha value is -2.97. The van der Waals surface area contributed by atoms with E-state index in [1.54, 1.807) is 17.7 Å². The minimum absolute atomic E-state index is 0.0774. The van der Waals surface area contributed by atoms with Crippen molar-refractivity contribution in [3.8, 4) is 0 Å². The number of rotatable bonds is 6. The Bertz CT molecular complexity index is 1130. The van der Waals surface area contributed by atoms with Crippen LogP contribution >= 0.6 is 11.3 Å². The lowest BCUT2D eigenvalue weighted by atomic mass is 9.87. The van der Waals surface area contributed by atoms with Gasteiger partial charge in [0.25, 0.3) is 15.9 Å². The van der Waals surface area contributed by atoms with Gasteiger partial charge >= 0.3 is 0 Å². The normalized spacial score (nSPS) is 12.1. The number of nitrogens with one attached hydrogen (secondary N) is 2. The van der Waals surface area contributed by atoms with Gasteiger partial charge in [0.2, 0.25) is 0 Å². The zero-order valence-corrected chi connectivity index (χ0v) is 18.5. The van der Waals surface area contributed by atoms with Crippen LogP contribution in [0.25, 0.3) is 0 Å². The van der Waals surface area contributed by atoms with Crippen LogP contribution in [-0.4, -0.2) is 20.5 Å². The van der Waals surface area contributed by atoms with Gasteiger partial charge in [0.1, 0.15) is 4.21 Å². The molecule has 0 fully saturated rings. The molecule has 0 atom stereocenters. The second-order valence-electron chi connectivity index (χ2n) is 7.69. The van der Waals surface area contributed by atoms with Crippen LogP contribution in [-0.2, 0) is 15.4 Å². The number of hydrazone groups is 1. The molecule has 0 unspecified atom stereocenters. The van der Waals surface area contributed by atoms with Crippen LogP contribution in [0.1, 0.15) is 42.3 Å². The molecule has 30 heavy (non-hydrogen) atoms. The SMILES string of the molecule is CC(C)(C)c1ccc(C=NNC(=O)c2ccc(NS(=O)(=O)c3cccs3)cc2)cc1. The van der Waals surface area contributed by atoms with Crippen LogP contribution in [0.15, 0.2) is 75.4 Å². The minimum atomic E-state index is -3.62. The number of carbonyl (C=O) groups is 1. The molecule has 2 N–H and O–H groups in total. The molecule has 3 rings (SSSR count). The summed E-state index contributed by atoms with van der Waals surface area (Å²) in [5.41, 5.74) is 5.40. The lowest BCUT2D eigenvalue weighted by Gasteiger charge is -2.18. The fraction of sp³-hybridized carbons (Fsp3) is 0.182. The molecule has 2 aromatic carbocycles. The van der Waals surface area contributed by atoms with Crippen molar-refractivity contribution in [1.82, 2.24) is 5.43 Å². The monoisotopic (exact) mass is 441 g/mol. The molecule has 0 aliphatic carbocycles. The van der Waals surface area contributed by atoms with E-state index in [9.17, 15) is 13.2 Å². The van der Waals surface area contributed by atoms with Gasteiger partial charge in [-0.3, -0.25) is 9.52 Å². The highest BCUT2D eigenvalue weighted by molar-refractivity contribution is 7.94. The molecule has 0 aliphatic heterocycles. The van der Waals surface area contributed by atoms with Crippen LogP contribution in [0, 0.1) is 0 Å². The van der Waals surface area contributed by atoms with Gasteiger partial charge in [-0.25, -0.2) is 13.8 Å². The van der Waals surface area contributed by atoms with E-state index in [1.165, 1.54) is 35.9 Å². The molecule has 0 radical (unpaired) electrons. The Labute approximate surface area is 180 Å². The largest absolute Gasteiger partial charge is 0.279 e. The van der Waals surface area contributed by atoms with Crippen molar-refractivity contribution in [3.63, 3.8) is 0 Å². The van der Waals surface area contributed by atoms with Crippen molar-refractivity contribution in [2.75, 3.05) is 4.72 Å². The summed E-state index contributed by atoms with van der Waals surface area (Å²) in [5.74, 6) is -0.384. The number of hydrogen-bond donors (Lipinski definition) is 2. The average Bonchev–Trinajstić information content (AvgIpc) is 3.24. The number of anilines is 1. The van der Waals surface area contributed by atoms with Crippen LogP contribution in [0.4, 0.5) is 5.69 Å². The van der Waals surface area contributed by atoms with Gasteiger partial charge < -0.3 is 0 Å². The first-order valence-corrected chi connectivity index (χ1v) is 11.6. The molecule has 0 spiro atoms. The summed E-state index contributed by atoms with van der Waals surface area (Å²) in [7, 11) is -3.62. The van der Waals surface area contributed by atoms with E-state index in [1.807, 2.05) is 24.3 Å². The zero-order chi connectivity index (χ0) is 21.8. The highest BCUT2D eigenvalue weighted by Crippen LogP contribution is 2.22. The molecule has 0 bridgehead atoms. The van der Waals surface area contributed by atoms with Gasteiger partial charge in [0.05, 0.1) is 6.21 Å². The summed E-state index contributed by atoms with van der Waals surface area (Å²) in [6, 6.07) is 17.3. The Balaban J connectivity index is 1.59. The molecule has 0 saturated heterocycles. The number of sulfonamides is 1. The molecule has 3 aromatic rings. The van der Waals surface area contributed by atoms with Crippen molar-refractivity contribution >= 4 is 39.2 Å². The number of carbonyl (C=O) groups excluding carboxylic acids is 1. The Morgan fingerprint density at radius 2 is 1.67 bits per heavy atom. The molecule has 1 aromatic heterocycles. The summed E-state index contributed by atoms with van der Waals surface area (Å²) in [6.45, 7) is 6.44. The highest BCUT2D eigenvalue weighted by atomic mass is 32.2. The number of benzene rings is 2. The standard InChI is InChI=1S/C22H23N3O3S2/c1-22(2,3)18-10-6-16(7-11-18)15-23-24-21(26)17-8-12-19(13-9-17)25-30(27,28)20-5-4-14-29-20/h4-15,25H,1-3H3,(H,24,26). The fourth-order valence-electron chi connectivity index (χ4n) is 2.61. The number of nitrogens with zero attached hydrogens (tertiary/aromatic N) is 1. The van der Waals surface area contributed by atoms with Gasteiger partial charge in [-0.15, -0.1) is 11.3 Å². The third-order valence-electron chi connectivity index (χ3n) is 4.32. The fourth-order valence-corrected chi connectivity index (χ4v) is 4.66. The molecule has 0 aliphatic rings. The smallest absolute Gasteiger partial charge is 0.271 e. The summed E-state index contributed by atoms with van der Waals surface area (Å²) >= 11 is 1.14. The quantitative estimate of drug-likeness (QED) is 0.432. The molecule has 8 heteroatoms. The lowest BCUT2D eigenvalue weighted by molar-refractivity contribution is 0.0955. The second-order valence-corrected chi connectivity index (χ2v) is 10.5. The van der Waals surface area contributed by atoms with E-state index >= 15 is 0 Å². The summed E-state index contributed by atoms with van der Waals surface area (Å²) in [4.78, 5) is 12.2. The highest BCUT2D eigenvalue weighted by Gasteiger charge is 2.15. The third-order valence-corrected chi connectivity index (χ3v) is 7.09. The van der Waals surface area contributed by atoms with E-state index in [0.717, 1.165) is 16.9 Å². The van der Waals surface area contributed by atoms with Crippen molar-refractivity contribution in [1.29, 1.82) is 0 Å². The Kier molecular flexibility index (Phi) is 6.38. The van der Waals surface area contributed by atoms with Gasteiger partial charge in [0.15, 0.2) is 0 Å². The number of amides is 1. The number of hydrogen-bond acceptors (Lipinski definition) is 5. The minimum Gasteiger partial charge on any atom is -0.279 e. The van der Waals surface area contributed by atoms with E-state index < -0.39 is 10.0 Å². The summed E-state index contributed by atoms with van der Waals surface area (Å²) in [6.07, 6.45) is 1.58. The molecule has 1 heterocycles. The maximum atomic E-state index is 12.2. The van der Waals surface area contributed by atoms with Crippen molar-refractivity contribution in [2.45, 2.75) is 30.4 Å². The first kappa shape index (κ1) is 21.7. The van der Waals surface area contributed by atoms with Gasteiger partial charge in [-0.2, -0.15) is 5.10 Å². The van der Waals surface area contributed by atoms with Gasteiger partial charge in [-0.05, 0) is 52.3 Å². The summed E-state index contributed by atoms with van der Waals surface area (Å²) in [5, 5.41) is 5.69. The Morgan fingerprint density at radius 1 is 1.00 bits per heavy atom. The molecular formula is C22H23N3O3S2. The van der Waals surface area contributed by atoms with E-state index in [-0.39, 0.29) is 15.5 Å². The summed E-state index contributed by atoms with van der Waals surface area (Å²) < 4.78 is 27.2. The molecule has 6 nitrogen and oxygen atoms in total. The van der Waals surface area contributed by atoms with E-state index in [4.69, 9.17) is 0 Å². The van der Waals surface area contributed by atoms with Gasteiger partial charge in [0, 0.05) is 11.3 Å². The predicted molar refractivity (Wildman–Crippen MR) is 122 cm³/mol. The predicted octanol–water partition coefficient (Wildman–Crippen LogP) is 4.61. The van der Waals surface area contributed by atoms with E-state index in [2.05, 4.69) is 36.0 Å². The maximum absolute atomic E-state index is 12.2. The van der Waals surface area contributed by atoms with Crippen LogP contribution in [0.3, 0.4) is 0 Å². The van der Waals surface area contributed by atoms with Crippen LogP contribution in [0.2, 0.25) is 0 Å². The molecular weight excluding hydrogens is 418 g/mol. The molecule has 1 amide bonds. The van der Waals surface area contributed by atoms with Crippen molar-refractivity contribution in [2.24, 2.45) is 5.10 Å². The average molecular weight is 442 g/mol. The molecule has 156 valence electrons. The zero-order valence-electron chi connectivity index (χ0n) is 16.9.